The number of fused-ring (bicyclic) bond motifs is 1. The average molecular weight is 857 g/mol. The summed E-state index contributed by atoms with van der Waals surface area (Å²) in [4.78, 5) is 13.2. The van der Waals surface area contributed by atoms with Crippen molar-refractivity contribution in [3.05, 3.63) is 124 Å². The van der Waals surface area contributed by atoms with E-state index in [-0.39, 0.29) is 71.1 Å². The van der Waals surface area contributed by atoms with Crippen molar-refractivity contribution < 1.29 is 63.3 Å². The molecule has 6 rings (SSSR count). The van der Waals surface area contributed by atoms with Crippen LogP contribution in [-0.4, -0.2) is 25.5 Å². The number of anilines is 1. The molecule has 1 saturated heterocycles. The second-order valence-electron chi connectivity index (χ2n) is 11.1. The molecule has 0 aromatic heterocycles. The normalized spacial score (nSPS) is 18.1. The average Bonchev–Trinajstić information content (AvgIpc) is 3.31. The molecule has 0 spiro atoms. The van der Waals surface area contributed by atoms with Crippen molar-refractivity contribution in [2.75, 3.05) is 18.1 Å². The van der Waals surface area contributed by atoms with Crippen molar-refractivity contribution in [1.29, 1.82) is 0 Å². The fraction of sp³-hybridized carbons (Fsp3) is 0.229. The summed E-state index contributed by atoms with van der Waals surface area (Å²) in [5.74, 6) is -3.13. The molecule has 2 aliphatic rings. The number of aryl methyl sites for hydroxylation is 1. The Bertz CT molecular complexity index is 1770. The van der Waals surface area contributed by atoms with E-state index >= 15 is 8.78 Å². The van der Waals surface area contributed by atoms with Crippen LogP contribution in [0.1, 0.15) is 35.6 Å². The molecule has 0 radical (unpaired) electrons. The molecule has 5 nitrogen and oxygen atoms in total. The molecular formula is C35H28ClF3NO4U-. The van der Waals surface area contributed by atoms with Crippen LogP contribution < -0.4 is 14.4 Å². The van der Waals surface area contributed by atoms with E-state index in [1.165, 1.54) is 24.3 Å². The maximum atomic E-state index is 15.7. The third-order valence-electron chi connectivity index (χ3n) is 8.01. The van der Waals surface area contributed by atoms with E-state index in [0.717, 1.165) is 18.1 Å². The van der Waals surface area contributed by atoms with Crippen LogP contribution in [0.4, 0.5) is 18.9 Å². The second kappa shape index (κ2) is 13.3. The van der Waals surface area contributed by atoms with Crippen LogP contribution in [0.2, 0.25) is 5.02 Å². The molecule has 0 aliphatic carbocycles. The van der Waals surface area contributed by atoms with Gasteiger partial charge in [0.25, 0.3) is 5.79 Å². The molecule has 2 aliphatic heterocycles. The maximum Gasteiger partial charge on any atom is 0.278 e. The molecule has 4 aromatic rings. The van der Waals surface area contributed by atoms with Crippen molar-refractivity contribution in [2.24, 2.45) is 0 Å². The number of rotatable bonds is 9. The summed E-state index contributed by atoms with van der Waals surface area (Å²) in [7, 11) is 0. The van der Waals surface area contributed by atoms with Gasteiger partial charge in [0.15, 0.2) is 11.5 Å². The van der Waals surface area contributed by atoms with Gasteiger partial charge in [-0.05, 0) is 61.0 Å². The quantitative estimate of drug-likeness (QED) is 0.159. The van der Waals surface area contributed by atoms with Crippen LogP contribution in [0.25, 0.3) is 11.1 Å². The van der Waals surface area contributed by atoms with Crippen molar-refractivity contribution >= 4 is 23.6 Å². The predicted molar refractivity (Wildman–Crippen MR) is 162 cm³/mol. The SMILES string of the molecule is C=C(Cc1c(F)cc(-c2cccc3c2OC(C)(c2ccc(Cl)cc2F)O3)cc1F)N(CC1CCO1)c1cc([C-]=O)ccc1C.[U]. The molecule has 2 unspecified atom stereocenters. The van der Waals surface area contributed by atoms with Crippen molar-refractivity contribution in [3.63, 3.8) is 0 Å². The smallest absolute Gasteiger partial charge is 0.278 e. The summed E-state index contributed by atoms with van der Waals surface area (Å²) in [6.07, 6.45) is 2.55. The molecular weight excluding hydrogens is 829 g/mol. The molecule has 230 valence electrons. The summed E-state index contributed by atoms with van der Waals surface area (Å²) < 4.78 is 63.9. The second-order valence-corrected chi connectivity index (χ2v) is 11.5. The molecule has 0 bridgehead atoms. The van der Waals surface area contributed by atoms with E-state index in [4.69, 9.17) is 25.8 Å². The summed E-state index contributed by atoms with van der Waals surface area (Å²) in [5.41, 5.74) is 2.93. The van der Waals surface area contributed by atoms with Gasteiger partial charge in [0.05, 0.1) is 18.0 Å². The van der Waals surface area contributed by atoms with Crippen LogP contribution in [0.3, 0.4) is 0 Å². The Morgan fingerprint density at radius 1 is 1.04 bits per heavy atom. The summed E-state index contributed by atoms with van der Waals surface area (Å²) in [5, 5.41) is 0.224. The Kier molecular flexibility index (Phi) is 9.77. The number of carbonyl (C=O) groups excluding carboxylic acids is 1. The standard InChI is InChI=1S/C35H28ClF3NO4.U/c1-20-7-8-22(19-41)14-32(20)40(18-25-11-12-42-25)21(2)13-27-29(37)15-23(16-30(27)38)26-5-4-6-33-34(26)44-35(3,43-33)28-10-9-24(36)17-31(28)39;/h4-10,14-17,25H,2,11-13,18H2,1,3H3;/q-1;. The minimum absolute atomic E-state index is 0. The zero-order valence-corrected chi connectivity index (χ0v) is 29.5. The molecule has 0 N–H and O–H groups in total. The van der Waals surface area contributed by atoms with Gasteiger partial charge in [0.2, 0.25) is 0 Å². The number of hydrogen-bond acceptors (Lipinski definition) is 5. The van der Waals surface area contributed by atoms with E-state index in [9.17, 15) is 9.18 Å². The number of para-hydroxylation sites is 1. The number of ether oxygens (including phenoxy) is 3. The molecule has 4 aromatic carbocycles. The Balaban J connectivity index is 0.00000400. The van der Waals surface area contributed by atoms with Gasteiger partial charge < -0.3 is 23.9 Å². The first-order valence-electron chi connectivity index (χ1n) is 14.1. The largest absolute Gasteiger partial charge is 0.444 e. The molecule has 45 heavy (non-hydrogen) atoms. The van der Waals surface area contributed by atoms with Gasteiger partial charge in [-0.15, -0.1) is 17.7 Å². The summed E-state index contributed by atoms with van der Waals surface area (Å²) >= 11 is 5.92. The monoisotopic (exact) mass is 856 g/mol. The van der Waals surface area contributed by atoms with Gasteiger partial charge >= 0.3 is 0 Å². The molecule has 1 fully saturated rings. The fourth-order valence-corrected chi connectivity index (χ4v) is 5.70. The first kappa shape index (κ1) is 33.2. The van der Waals surface area contributed by atoms with E-state index in [1.807, 2.05) is 18.1 Å². The summed E-state index contributed by atoms with van der Waals surface area (Å²) in [6, 6.07) is 16.7. The van der Waals surface area contributed by atoms with Gasteiger partial charge in [-0.3, -0.25) is 0 Å². The van der Waals surface area contributed by atoms with Crippen LogP contribution in [0.15, 0.2) is 79.0 Å². The Labute approximate surface area is 288 Å². The zero-order chi connectivity index (χ0) is 31.2. The Hall–Kier alpha value is -3.22. The van der Waals surface area contributed by atoms with Gasteiger partial charge in [0.1, 0.15) is 17.5 Å². The number of allylic oxidation sites excluding steroid dienone is 1. The van der Waals surface area contributed by atoms with Crippen LogP contribution in [-0.2, 0) is 21.7 Å². The van der Waals surface area contributed by atoms with E-state index in [1.54, 1.807) is 43.3 Å². The summed E-state index contributed by atoms with van der Waals surface area (Å²) in [6.45, 7) is 8.67. The van der Waals surface area contributed by atoms with Crippen LogP contribution in [0, 0.1) is 55.5 Å². The van der Waals surface area contributed by atoms with Gasteiger partial charge in [-0.2, -0.15) is 6.07 Å². The van der Waals surface area contributed by atoms with E-state index in [2.05, 4.69) is 6.58 Å². The first-order chi connectivity index (χ1) is 21.1. The number of hydrogen-bond donors (Lipinski definition) is 0. The molecule has 2 atom stereocenters. The maximum absolute atomic E-state index is 15.7. The predicted octanol–water partition coefficient (Wildman–Crippen LogP) is 8.19. The topological polar surface area (TPSA) is 48.0 Å². The molecule has 10 heteroatoms. The van der Waals surface area contributed by atoms with Crippen LogP contribution >= 0.6 is 11.6 Å². The molecule has 0 saturated carbocycles. The van der Waals surface area contributed by atoms with Gasteiger partial charge in [-0.25, -0.2) is 13.2 Å². The molecule has 0 amide bonds. The molecule has 2 heterocycles. The fourth-order valence-electron chi connectivity index (χ4n) is 5.54. The first-order valence-corrected chi connectivity index (χ1v) is 14.4. The minimum atomic E-state index is -1.52. The van der Waals surface area contributed by atoms with Gasteiger partial charge in [-0.1, -0.05) is 35.9 Å². The number of benzene rings is 4. The Morgan fingerprint density at radius 3 is 2.42 bits per heavy atom. The Morgan fingerprint density at radius 2 is 1.78 bits per heavy atom. The van der Waals surface area contributed by atoms with E-state index in [0.29, 0.717) is 41.4 Å². The van der Waals surface area contributed by atoms with Crippen molar-refractivity contribution in [3.8, 4) is 22.6 Å². The van der Waals surface area contributed by atoms with Gasteiger partial charge in [0, 0.05) is 79.5 Å². The minimum Gasteiger partial charge on any atom is -0.444 e. The number of halogens is 4. The zero-order valence-electron chi connectivity index (χ0n) is 24.6. The van der Waals surface area contributed by atoms with Crippen molar-refractivity contribution in [2.45, 2.75) is 38.6 Å². The third kappa shape index (κ3) is 6.55. The third-order valence-corrected chi connectivity index (χ3v) is 8.25. The number of nitrogens with zero attached hydrogens (tertiary/aromatic N) is 1. The van der Waals surface area contributed by atoms with Crippen molar-refractivity contribution in [1.82, 2.24) is 0 Å². The van der Waals surface area contributed by atoms with E-state index < -0.39 is 23.2 Å². The van der Waals surface area contributed by atoms with Crippen LogP contribution in [0.5, 0.6) is 11.5 Å².